The third-order valence-electron chi connectivity index (χ3n) is 3.87. The van der Waals surface area contributed by atoms with Gasteiger partial charge in [0, 0.05) is 29.8 Å². The van der Waals surface area contributed by atoms with Crippen molar-refractivity contribution in [3.05, 3.63) is 23.8 Å². The van der Waals surface area contributed by atoms with Crippen LogP contribution < -0.4 is 11.1 Å². The number of nitrogens with one attached hydrogen (secondary N) is 1. The number of methoxy groups -OCH3 is 1. The lowest BCUT2D eigenvalue weighted by Crippen LogP contribution is -2.45. The lowest BCUT2D eigenvalue weighted by atomic mass is 9.80. The largest absolute Gasteiger partial charge is 0.389 e. The second-order valence-corrected chi connectivity index (χ2v) is 6.82. The van der Waals surface area contributed by atoms with Crippen molar-refractivity contribution in [3.8, 4) is 0 Å². The minimum Gasteiger partial charge on any atom is -0.389 e. The molecular weight excluding hydrogens is 288 g/mol. The van der Waals surface area contributed by atoms with E-state index in [9.17, 15) is 0 Å². The fourth-order valence-electron chi connectivity index (χ4n) is 2.49. The Morgan fingerprint density at radius 3 is 2.75 bits per heavy atom. The summed E-state index contributed by atoms with van der Waals surface area (Å²) < 4.78 is 5.64. The highest BCUT2D eigenvalue weighted by molar-refractivity contribution is 7.99. The van der Waals surface area contributed by atoms with Gasteiger partial charge in [0.15, 0.2) is 0 Å². The molecule has 0 bridgehead atoms. The highest BCUT2D eigenvalue weighted by Crippen LogP contribution is 2.36. The van der Waals surface area contributed by atoms with Gasteiger partial charge in [-0.2, -0.15) is 0 Å². The summed E-state index contributed by atoms with van der Waals surface area (Å²) in [7, 11) is 1.79. The zero-order chi connectivity index (χ0) is 14.6. The first-order chi connectivity index (χ1) is 9.62. The van der Waals surface area contributed by atoms with E-state index in [0.717, 1.165) is 41.3 Å². The molecule has 1 aliphatic carbocycles. The Morgan fingerprint density at radius 2 is 2.25 bits per heavy atom. The average molecular weight is 310 g/mol. The first kappa shape index (κ1) is 15.6. The van der Waals surface area contributed by atoms with Crippen molar-refractivity contribution < 1.29 is 4.74 Å². The van der Waals surface area contributed by atoms with Gasteiger partial charge >= 0.3 is 0 Å². The second kappa shape index (κ2) is 6.78. The van der Waals surface area contributed by atoms with Crippen LogP contribution in [0.4, 0.5) is 5.69 Å². The van der Waals surface area contributed by atoms with Crippen LogP contribution in [0.1, 0.15) is 31.7 Å². The second-order valence-electron chi connectivity index (χ2n) is 5.07. The van der Waals surface area contributed by atoms with Gasteiger partial charge in [0.25, 0.3) is 0 Å². The molecule has 20 heavy (non-hydrogen) atoms. The monoisotopic (exact) mass is 310 g/mol. The molecule has 0 aliphatic heterocycles. The zero-order valence-electron chi connectivity index (χ0n) is 12.1. The van der Waals surface area contributed by atoms with Crippen LogP contribution >= 0.6 is 24.0 Å². The number of hydrogen-bond donors (Lipinski definition) is 2. The zero-order valence-corrected chi connectivity index (χ0v) is 13.7. The normalized spacial score (nSPS) is 16.5. The molecule has 0 unspecified atom stereocenters. The summed E-state index contributed by atoms with van der Waals surface area (Å²) in [6.45, 7) is 2.93. The molecule has 1 fully saturated rings. The van der Waals surface area contributed by atoms with E-state index in [-0.39, 0.29) is 5.60 Å². The molecule has 2 rings (SSSR count). The van der Waals surface area contributed by atoms with Gasteiger partial charge in [-0.05, 0) is 37.1 Å². The highest BCUT2D eigenvalue weighted by atomic mass is 32.2. The molecule has 0 spiro atoms. The van der Waals surface area contributed by atoms with Crippen molar-refractivity contribution in [3.63, 3.8) is 0 Å². The van der Waals surface area contributed by atoms with Crippen LogP contribution in [0.15, 0.2) is 23.1 Å². The Hall–Kier alpha value is -0.780. The van der Waals surface area contributed by atoms with Crippen molar-refractivity contribution >= 4 is 34.7 Å². The van der Waals surface area contributed by atoms with Crippen LogP contribution in [0.3, 0.4) is 0 Å². The molecule has 1 aliphatic rings. The topological polar surface area (TPSA) is 47.3 Å². The Kier molecular flexibility index (Phi) is 5.29. The van der Waals surface area contributed by atoms with Crippen LogP contribution in [0.25, 0.3) is 0 Å². The van der Waals surface area contributed by atoms with Gasteiger partial charge in [0.05, 0.1) is 5.60 Å². The third-order valence-corrected chi connectivity index (χ3v) is 5.02. The number of thioether (sulfide) groups is 1. The van der Waals surface area contributed by atoms with Crippen LogP contribution in [0.5, 0.6) is 0 Å². The molecule has 1 aromatic rings. The molecule has 0 saturated heterocycles. The van der Waals surface area contributed by atoms with Gasteiger partial charge in [-0.15, -0.1) is 11.8 Å². The highest BCUT2D eigenvalue weighted by Gasteiger charge is 2.36. The van der Waals surface area contributed by atoms with Gasteiger partial charge in [-0.1, -0.05) is 25.2 Å². The first-order valence-corrected chi connectivity index (χ1v) is 8.36. The van der Waals surface area contributed by atoms with Crippen LogP contribution in [-0.2, 0) is 4.74 Å². The molecule has 0 amide bonds. The van der Waals surface area contributed by atoms with E-state index in [4.69, 9.17) is 22.7 Å². The summed E-state index contributed by atoms with van der Waals surface area (Å²) in [5.41, 5.74) is 7.87. The van der Waals surface area contributed by atoms with Crippen LogP contribution in [0, 0.1) is 0 Å². The number of thiocarbonyl (C=S) groups is 1. The summed E-state index contributed by atoms with van der Waals surface area (Å²) in [6.07, 6.45) is 3.47. The van der Waals surface area contributed by atoms with Crippen molar-refractivity contribution in [1.29, 1.82) is 0 Å². The molecular formula is C15H22N2OS2. The molecule has 110 valence electrons. The minimum absolute atomic E-state index is 0.0125. The Balaban J connectivity index is 2.18. The van der Waals surface area contributed by atoms with Crippen molar-refractivity contribution in [2.24, 2.45) is 5.73 Å². The van der Waals surface area contributed by atoms with Gasteiger partial charge in [0.2, 0.25) is 0 Å². The van der Waals surface area contributed by atoms with Crippen LogP contribution in [0.2, 0.25) is 0 Å². The predicted octanol–water partition coefficient (Wildman–Crippen LogP) is 3.41. The summed E-state index contributed by atoms with van der Waals surface area (Å²) >= 11 is 6.99. The predicted molar refractivity (Wildman–Crippen MR) is 90.8 cm³/mol. The van der Waals surface area contributed by atoms with E-state index in [2.05, 4.69) is 18.3 Å². The number of rotatable bonds is 7. The Bertz CT molecular complexity index is 481. The van der Waals surface area contributed by atoms with Gasteiger partial charge < -0.3 is 15.8 Å². The molecule has 3 nitrogen and oxygen atoms in total. The third kappa shape index (κ3) is 3.27. The lowest BCUT2D eigenvalue weighted by Gasteiger charge is -2.41. The van der Waals surface area contributed by atoms with Gasteiger partial charge in [-0.3, -0.25) is 0 Å². The molecule has 3 N–H and O–H groups in total. The van der Waals surface area contributed by atoms with E-state index in [1.54, 1.807) is 18.9 Å². The number of nitrogens with two attached hydrogens (primary N) is 1. The maximum Gasteiger partial charge on any atom is 0.107 e. The summed E-state index contributed by atoms with van der Waals surface area (Å²) in [5, 5.41) is 3.48. The number of ether oxygens (including phenoxy) is 1. The van der Waals surface area contributed by atoms with Gasteiger partial charge in [0.1, 0.15) is 4.99 Å². The van der Waals surface area contributed by atoms with Crippen LogP contribution in [-0.4, -0.2) is 30.0 Å². The molecule has 0 heterocycles. The summed E-state index contributed by atoms with van der Waals surface area (Å²) in [4.78, 5) is 1.59. The Morgan fingerprint density at radius 1 is 1.50 bits per heavy atom. The molecule has 5 heteroatoms. The molecule has 1 saturated carbocycles. The fourth-order valence-corrected chi connectivity index (χ4v) is 3.62. The van der Waals surface area contributed by atoms with E-state index in [0.29, 0.717) is 4.99 Å². The van der Waals surface area contributed by atoms with E-state index < -0.39 is 0 Å². The lowest BCUT2D eigenvalue weighted by molar-refractivity contribution is -0.0601. The number of hydrogen-bond acceptors (Lipinski definition) is 4. The first-order valence-electron chi connectivity index (χ1n) is 6.96. The number of benzene rings is 1. The minimum atomic E-state index is -0.0125. The average Bonchev–Trinajstić information content (AvgIpc) is 2.38. The number of anilines is 1. The quantitative estimate of drug-likeness (QED) is 0.597. The maximum atomic E-state index is 5.91. The molecule has 0 atom stereocenters. The van der Waals surface area contributed by atoms with E-state index in [1.165, 1.54) is 6.42 Å². The van der Waals surface area contributed by atoms with Crippen molar-refractivity contribution in [2.45, 2.75) is 36.7 Å². The Labute approximate surface area is 130 Å². The molecule has 0 radical (unpaired) electrons. The summed E-state index contributed by atoms with van der Waals surface area (Å²) in [6, 6.07) is 6.15. The van der Waals surface area contributed by atoms with E-state index >= 15 is 0 Å². The standard InChI is InChI=1S/C15H22N2OS2/c1-3-20-12-7-4-6-11(13(12)14(16)19)17-10-15(18-2)8-5-9-15/h4,6-7,17H,3,5,8-10H2,1-2H3,(H2,16,19). The molecule has 0 aromatic heterocycles. The summed E-state index contributed by atoms with van der Waals surface area (Å²) in [5.74, 6) is 1.00. The SMILES string of the molecule is CCSc1cccc(NCC2(OC)CCC2)c1C(N)=S. The van der Waals surface area contributed by atoms with Crippen molar-refractivity contribution in [2.75, 3.05) is 24.7 Å². The molecule has 1 aromatic carbocycles. The maximum absolute atomic E-state index is 5.91. The fraction of sp³-hybridized carbons (Fsp3) is 0.533. The van der Waals surface area contributed by atoms with Gasteiger partial charge in [-0.25, -0.2) is 0 Å². The smallest absolute Gasteiger partial charge is 0.107 e. The van der Waals surface area contributed by atoms with E-state index in [1.807, 2.05) is 12.1 Å². The van der Waals surface area contributed by atoms with Crippen molar-refractivity contribution in [1.82, 2.24) is 0 Å².